The van der Waals surface area contributed by atoms with Crippen LogP contribution in [-0.4, -0.2) is 53.6 Å². The summed E-state index contributed by atoms with van der Waals surface area (Å²) in [6.45, 7) is 7.17. The Morgan fingerprint density at radius 2 is 2.00 bits per heavy atom. The third-order valence-corrected chi connectivity index (χ3v) is 7.17. The number of nitrogens with zero attached hydrogens (tertiary/aromatic N) is 2. The quantitative estimate of drug-likeness (QED) is 0.458. The topological polar surface area (TPSA) is 74.2 Å². The number of hydrogen-bond acceptors (Lipinski definition) is 5. The van der Waals surface area contributed by atoms with Gasteiger partial charge in [0.2, 0.25) is 0 Å². The molecule has 2 N–H and O–H groups in total. The van der Waals surface area contributed by atoms with Gasteiger partial charge in [0.1, 0.15) is 23.2 Å². The van der Waals surface area contributed by atoms with Gasteiger partial charge in [-0.05, 0) is 75.4 Å². The van der Waals surface area contributed by atoms with E-state index in [0.29, 0.717) is 23.8 Å². The molecule has 1 saturated heterocycles. The Labute approximate surface area is 221 Å². The molecule has 9 heteroatoms. The summed E-state index contributed by atoms with van der Waals surface area (Å²) in [6.07, 6.45) is 2.12. The van der Waals surface area contributed by atoms with Crippen LogP contribution in [0.25, 0.3) is 0 Å². The molecule has 6 nitrogen and oxygen atoms in total. The molecular weight excluding hydrogens is 500 g/mol. The molecule has 1 amide bonds. The zero-order valence-corrected chi connectivity index (χ0v) is 22.2. The molecule has 0 spiro atoms. The van der Waals surface area contributed by atoms with Gasteiger partial charge in [-0.25, -0.2) is 8.78 Å². The van der Waals surface area contributed by atoms with E-state index in [-0.39, 0.29) is 47.7 Å². The number of amides is 1. The van der Waals surface area contributed by atoms with Crippen molar-refractivity contribution in [2.75, 3.05) is 19.7 Å². The maximum atomic E-state index is 15.2. The molecule has 0 radical (unpaired) electrons. The van der Waals surface area contributed by atoms with Crippen LogP contribution in [0.1, 0.15) is 67.6 Å². The Morgan fingerprint density at radius 3 is 2.62 bits per heavy atom. The van der Waals surface area contributed by atoms with Gasteiger partial charge in [0.05, 0.1) is 17.2 Å². The van der Waals surface area contributed by atoms with Crippen LogP contribution in [0.3, 0.4) is 0 Å². The van der Waals surface area contributed by atoms with Gasteiger partial charge >= 0.3 is 0 Å². The fourth-order valence-electron chi connectivity index (χ4n) is 5.02. The molecular formula is C28H34ClF2N3O3. The van der Waals surface area contributed by atoms with Crippen molar-refractivity contribution < 1.29 is 23.4 Å². The number of fused-ring (bicyclic) bond motifs is 1. The maximum Gasteiger partial charge on any atom is 0.251 e. The zero-order chi connectivity index (χ0) is 26.7. The molecule has 2 heterocycles. The number of hydrogen-bond donors (Lipinski definition) is 2. The molecule has 0 bridgehead atoms. The predicted octanol–water partition coefficient (Wildman–Crippen LogP) is 5.31. The summed E-state index contributed by atoms with van der Waals surface area (Å²) in [5.41, 5.74) is 0.665. The highest BCUT2D eigenvalue weighted by Crippen LogP contribution is 2.33. The molecule has 37 heavy (non-hydrogen) atoms. The second-order valence-electron chi connectivity index (χ2n) is 10.2. The van der Waals surface area contributed by atoms with E-state index in [1.807, 2.05) is 13.8 Å². The molecule has 200 valence electrons. The molecule has 0 aliphatic carbocycles. The highest BCUT2D eigenvalue weighted by atomic mass is 35.5. The molecule has 2 aromatic carbocycles. The Bertz CT molecular complexity index is 1150. The number of carbonyl (C=O) groups is 1. The van der Waals surface area contributed by atoms with E-state index in [1.165, 1.54) is 18.2 Å². The summed E-state index contributed by atoms with van der Waals surface area (Å²) < 4.78 is 35.9. The van der Waals surface area contributed by atoms with E-state index in [1.54, 1.807) is 12.1 Å². The van der Waals surface area contributed by atoms with Crippen LogP contribution in [0, 0.1) is 17.6 Å². The van der Waals surface area contributed by atoms with Crippen LogP contribution >= 0.6 is 11.6 Å². The molecule has 0 aromatic heterocycles. The van der Waals surface area contributed by atoms with E-state index in [2.05, 4.69) is 17.1 Å². The van der Waals surface area contributed by atoms with Crippen LogP contribution in [0.4, 0.5) is 8.78 Å². The molecule has 4 rings (SSSR count). The largest absolute Gasteiger partial charge is 0.489 e. The van der Waals surface area contributed by atoms with Gasteiger partial charge < -0.3 is 20.1 Å². The second-order valence-corrected chi connectivity index (χ2v) is 10.6. The number of aliphatic hydroxyl groups excluding tert-OH is 1. The Kier molecular flexibility index (Phi) is 8.70. The average Bonchev–Trinajstić information content (AvgIpc) is 3.28. The number of piperidine rings is 1. The van der Waals surface area contributed by atoms with Gasteiger partial charge in [-0.3, -0.25) is 9.79 Å². The first kappa shape index (κ1) is 27.3. The van der Waals surface area contributed by atoms with Gasteiger partial charge in [-0.2, -0.15) is 0 Å². The monoisotopic (exact) mass is 533 g/mol. The number of nitrogens with one attached hydrogen (secondary N) is 1. The van der Waals surface area contributed by atoms with Crippen LogP contribution in [0.2, 0.25) is 5.02 Å². The summed E-state index contributed by atoms with van der Waals surface area (Å²) in [4.78, 5) is 19.8. The number of ether oxygens (including phenoxy) is 1. The Morgan fingerprint density at radius 1 is 1.27 bits per heavy atom. The highest BCUT2D eigenvalue weighted by molar-refractivity contribution is 6.32. The van der Waals surface area contributed by atoms with E-state index in [0.717, 1.165) is 25.2 Å². The number of halogens is 3. The second kappa shape index (κ2) is 11.8. The lowest BCUT2D eigenvalue weighted by Gasteiger charge is -2.29. The van der Waals surface area contributed by atoms with Crippen molar-refractivity contribution in [3.8, 4) is 5.75 Å². The van der Waals surface area contributed by atoms with Crippen molar-refractivity contribution in [3.63, 3.8) is 0 Å². The van der Waals surface area contributed by atoms with Crippen molar-refractivity contribution in [1.29, 1.82) is 0 Å². The first-order chi connectivity index (χ1) is 17.7. The van der Waals surface area contributed by atoms with E-state index < -0.39 is 23.6 Å². The van der Waals surface area contributed by atoms with E-state index in [9.17, 15) is 9.90 Å². The SMILES string of the molecule is CC(C)Oc1ccc(C(=O)N[C@H](CCO)Cc2c(F)cc(C3CN4CCCC(C)C4=N3)cc2F)cc1Cl. The smallest absolute Gasteiger partial charge is 0.251 e. The van der Waals surface area contributed by atoms with Crippen molar-refractivity contribution >= 4 is 23.3 Å². The van der Waals surface area contributed by atoms with Crippen molar-refractivity contribution in [2.45, 2.75) is 64.6 Å². The van der Waals surface area contributed by atoms with Crippen LogP contribution in [0.15, 0.2) is 35.3 Å². The predicted molar refractivity (Wildman–Crippen MR) is 140 cm³/mol. The normalized spacial score (nSPS) is 20.0. The number of aliphatic imine (C=N–C) groups is 1. The number of carbonyl (C=O) groups excluding carboxylic acids is 1. The fourth-order valence-corrected chi connectivity index (χ4v) is 5.25. The van der Waals surface area contributed by atoms with E-state index >= 15 is 8.78 Å². The zero-order valence-electron chi connectivity index (χ0n) is 21.4. The number of benzene rings is 2. The first-order valence-corrected chi connectivity index (χ1v) is 13.2. The van der Waals surface area contributed by atoms with Crippen LogP contribution in [0.5, 0.6) is 5.75 Å². The molecule has 2 unspecified atom stereocenters. The first-order valence-electron chi connectivity index (χ1n) is 12.8. The van der Waals surface area contributed by atoms with Gasteiger partial charge in [0, 0.05) is 42.8 Å². The van der Waals surface area contributed by atoms with Gasteiger partial charge in [-0.15, -0.1) is 0 Å². The van der Waals surface area contributed by atoms with Crippen molar-refractivity contribution in [1.82, 2.24) is 10.2 Å². The molecule has 0 saturated carbocycles. The maximum absolute atomic E-state index is 15.2. The lowest BCUT2D eigenvalue weighted by Crippen LogP contribution is -2.37. The number of aliphatic hydroxyl groups is 1. The summed E-state index contributed by atoms with van der Waals surface area (Å²) in [5.74, 6) is 0.0240. The minimum atomic E-state index is -0.681. The lowest BCUT2D eigenvalue weighted by molar-refractivity contribution is 0.0929. The number of amidine groups is 1. The molecule has 3 atom stereocenters. The fraction of sp³-hybridized carbons (Fsp3) is 0.500. The number of rotatable bonds is 9. The van der Waals surface area contributed by atoms with E-state index in [4.69, 9.17) is 21.3 Å². The summed E-state index contributed by atoms with van der Waals surface area (Å²) in [6, 6.07) is 6.38. The Hall–Kier alpha value is -2.71. The standard InChI is InChI=1S/C28H34ClF2N3O3/c1-16(2)37-26-7-6-18(11-22(26)29)28(36)32-20(8-10-35)14-21-23(30)12-19(13-24(21)31)25-15-34-9-4-5-17(3)27(34)33-25/h6-7,11-13,16-17,20,25,35H,4-5,8-10,14-15H2,1-3H3,(H,32,36)/t17?,20-,25?/m1/s1. The summed E-state index contributed by atoms with van der Waals surface area (Å²) in [7, 11) is 0. The van der Waals surface area contributed by atoms with Gasteiger partial charge in [0.15, 0.2) is 0 Å². The molecule has 2 aliphatic rings. The Balaban J connectivity index is 1.47. The summed E-state index contributed by atoms with van der Waals surface area (Å²) >= 11 is 6.25. The van der Waals surface area contributed by atoms with Gasteiger partial charge in [-0.1, -0.05) is 18.5 Å². The van der Waals surface area contributed by atoms with Crippen LogP contribution in [-0.2, 0) is 6.42 Å². The molecule has 1 fully saturated rings. The minimum Gasteiger partial charge on any atom is -0.489 e. The van der Waals surface area contributed by atoms with Gasteiger partial charge in [0.25, 0.3) is 5.91 Å². The third-order valence-electron chi connectivity index (χ3n) is 6.88. The minimum absolute atomic E-state index is 0.0754. The van der Waals surface area contributed by atoms with Crippen molar-refractivity contribution in [2.24, 2.45) is 10.9 Å². The third kappa shape index (κ3) is 6.41. The molecule has 2 aliphatic heterocycles. The van der Waals surface area contributed by atoms with Crippen LogP contribution < -0.4 is 10.1 Å². The lowest BCUT2D eigenvalue weighted by atomic mass is 9.98. The summed E-state index contributed by atoms with van der Waals surface area (Å²) in [5, 5.41) is 12.6. The average molecular weight is 534 g/mol. The molecule has 2 aromatic rings. The van der Waals surface area contributed by atoms with Crippen molar-refractivity contribution in [3.05, 3.63) is 63.7 Å². The highest BCUT2D eigenvalue weighted by Gasteiger charge is 2.32.